The lowest BCUT2D eigenvalue weighted by molar-refractivity contribution is -0.730. The molecule has 0 aliphatic heterocycles. The van der Waals surface area contributed by atoms with Crippen molar-refractivity contribution in [1.82, 2.24) is 10.3 Å². The van der Waals surface area contributed by atoms with Crippen LogP contribution in [0.1, 0.15) is 15.2 Å². The van der Waals surface area contributed by atoms with E-state index in [2.05, 4.69) is 15.6 Å². The normalized spacial score (nSPS) is 10.8. The zero-order valence-corrected chi connectivity index (χ0v) is 15.8. The average Bonchev–Trinajstić information content (AvgIpc) is 3.20. The van der Waals surface area contributed by atoms with Crippen LogP contribution in [0.2, 0.25) is 0 Å². The minimum atomic E-state index is -0.711. The summed E-state index contributed by atoms with van der Waals surface area (Å²) in [5.74, 6) is -0.517. The molecule has 4 aromatic rings. The first-order valence-electron chi connectivity index (χ1n) is 8.28. The monoisotopic (exact) mass is 408 g/mol. The van der Waals surface area contributed by atoms with E-state index in [1.54, 1.807) is 24.3 Å². The summed E-state index contributed by atoms with van der Waals surface area (Å²) in [7, 11) is 1.54. The molecular formula is C18H14N7O3S+. The molecule has 11 heteroatoms. The Hall–Kier alpha value is -4.17. The fraction of sp³-hybridized carbons (Fsp3) is 0.0556. The SMILES string of the molecule is C[n+]1[nH]oc(=O)c1-c1c(C#N)c(N)nc2sc(C(=O)Nc3ccccc3)c(N)c12. The van der Waals surface area contributed by atoms with Gasteiger partial charge in [0.1, 0.15) is 27.2 Å². The Labute approximate surface area is 166 Å². The highest BCUT2D eigenvalue weighted by atomic mass is 32.1. The van der Waals surface area contributed by atoms with Crippen LogP contribution in [0.4, 0.5) is 17.2 Å². The lowest BCUT2D eigenvalue weighted by Crippen LogP contribution is -2.34. The number of amides is 1. The van der Waals surface area contributed by atoms with Crippen molar-refractivity contribution >= 4 is 44.7 Å². The number of rotatable bonds is 3. The van der Waals surface area contributed by atoms with E-state index in [1.807, 2.05) is 12.1 Å². The van der Waals surface area contributed by atoms with E-state index in [0.717, 1.165) is 11.3 Å². The number of H-pyrrole nitrogens is 1. The number of aromatic amines is 1. The predicted octanol–water partition coefficient (Wildman–Crippen LogP) is 1.36. The molecular weight excluding hydrogens is 394 g/mol. The molecule has 1 aromatic carbocycles. The number of aryl methyl sites for hydroxylation is 1. The lowest BCUT2D eigenvalue weighted by atomic mass is 10.0. The fourth-order valence-corrected chi connectivity index (χ4v) is 4.02. The molecule has 29 heavy (non-hydrogen) atoms. The van der Waals surface area contributed by atoms with Gasteiger partial charge in [-0.1, -0.05) is 22.9 Å². The molecule has 6 N–H and O–H groups in total. The van der Waals surface area contributed by atoms with Gasteiger partial charge in [-0.3, -0.25) is 9.32 Å². The molecule has 0 saturated carbocycles. The molecule has 144 valence electrons. The number of nitrogens with zero attached hydrogens (tertiary/aromatic N) is 3. The van der Waals surface area contributed by atoms with E-state index in [1.165, 1.54) is 11.7 Å². The molecule has 0 spiro atoms. The Morgan fingerprint density at radius 1 is 1.34 bits per heavy atom. The Balaban J connectivity index is 1.97. The van der Waals surface area contributed by atoms with Gasteiger partial charge in [0.2, 0.25) is 0 Å². The van der Waals surface area contributed by atoms with E-state index in [4.69, 9.17) is 16.0 Å². The van der Waals surface area contributed by atoms with Crippen LogP contribution in [0.5, 0.6) is 0 Å². The van der Waals surface area contributed by atoms with Crippen LogP contribution in [0.25, 0.3) is 21.5 Å². The van der Waals surface area contributed by atoms with E-state index in [-0.39, 0.29) is 33.2 Å². The fourth-order valence-electron chi connectivity index (χ4n) is 3.01. The first-order chi connectivity index (χ1) is 13.9. The number of anilines is 3. The Morgan fingerprint density at radius 3 is 2.69 bits per heavy atom. The minimum absolute atomic E-state index is 0.0282. The largest absolute Gasteiger partial charge is 0.435 e. The van der Waals surface area contributed by atoms with Crippen LogP contribution < -0.4 is 27.1 Å². The van der Waals surface area contributed by atoms with Crippen molar-refractivity contribution in [3.05, 3.63) is 51.2 Å². The molecule has 3 heterocycles. The summed E-state index contributed by atoms with van der Waals surface area (Å²) in [6.07, 6.45) is 0. The van der Waals surface area contributed by atoms with Gasteiger partial charge in [0, 0.05) is 5.69 Å². The van der Waals surface area contributed by atoms with Crippen LogP contribution in [-0.4, -0.2) is 16.2 Å². The number of fused-ring (bicyclic) bond motifs is 1. The molecule has 4 rings (SSSR count). The number of benzene rings is 1. The van der Waals surface area contributed by atoms with Gasteiger partial charge < -0.3 is 16.8 Å². The summed E-state index contributed by atoms with van der Waals surface area (Å²) in [4.78, 5) is 29.8. The predicted molar refractivity (Wildman–Crippen MR) is 107 cm³/mol. The first-order valence-corrected chi connectivity index (χ1v) is 9.09. The third kappa shape index (κ3) is 2.88. The zero-order valence-electron chi connectivity index (χ0n) is 15.0. The summed E-state index contributed by atoms with van der Waals surface area (Å²) >= 11 is 1.02. The van der Waals surface area contributed by atoms with Gasteiger partial charge in [-0.2, -0.15) is 5.26 Å². The molecule has 0 aliphatic carbocycles. The van der Waals surface area contributed by atoms with Gasteiger partial charge in [-0.15, -0.1) is 11.3 Å². The van der Waals surface area contributed by atoms with E-state index in [0.29, 0.717) is 15.9 Å². The molecule has 0 fully saturated rings. The van der Waals surface area contributed by atoms with Crippen LogP contribution in [0.15, 0.2) is 39.6 Å². The van der Waals surface area contributed by atoms with Gasteiger partial charge in [-0.25, -0.2) is 9.78 Å². The average molecular weight is 408 g/mol. The molecule has 0 aliphatic rings. The highest BCUT2D eigenvalue weighted by Crippen LogP contribution is 2.41. The summed E-state index contributed by atoms with van der Waals surface area (Å²) < 4.78 is 6.11. The van der Waals surface area contributed by atoms with Gasteiger partial charge in [-0.05, 0) is 17.4 Å². The number of pyridine rings is 1. The third-order valence-electron chi connectivity index (χ3n) is 4.30. The molecule has 0 radical (unpaired) electrons. The molecule has 10 nitrogen and oxygen atoms in total. The Bertz CT molecular complexity index is 1360. The number of aromatic nitrogens is 3. The number of para-hydroxylation sites is 1. The van der Waals surface area contributed by atoms with E-state index >= 15 is 0 Å². The van der Waals surface area contributed by atoms with Crippen LogP contribution in [-0.2, 0) is 7.05 Å². The summed E-state index contributed by atoms with van der Waals surface area (Å²) in [5.41, 5.74) is 12.4. The lowest BCUT2D eigenvalue weighted by Gasteiger charge is -2.05. The van der Waals surface area contributed by atoms with Crippen LogP contribution in [0.3, 0.4) is 0 Å². The topological polar surface area (TPSA) is 168 Å². The van der Waals surface area contributed by atoms with Gasteiger partial charge in [0.25, 0.3) is 5.91 Å². The molecule has 0 atom stereocenters. The summed E-state index contributed by atoms with van der Waals surface area (Å²) in [6.45, 7) is 0. The smallest absolute Gasteiger partial charge is 0.397 e. The number of thiophene rings is 1. The van der Waals surface area contributed by atoms with Crippen LogP contribution in [0, 0.1) is 11.3 Å². The maximum absolute atomic E-state index is 12.8. The third-order valence-corrected chi connectivity index (χ3v) is 5.39. The maximum Gasteiger partial charge on any atom is 0.435 e. The second-order valence-corrected chi connectivity index (χ2v) is 7.09. The number of nitrogens with two attached hydrogens (primary N) is 2. The highest BCUT2D eigenvalue weighted by Gasteiger charge is 2.32. The van der Waals surface area contributed by atoms with Crippen molar-refractivity contribution < 1.29 is 14.0 Å². The number of carbonyl (C=O) groups is 1. The summed E-state index contributed by atoms with van der Waals surface area (Å²) in [5, 5.41) is 15.0. The molecule has 0 saturated heterocycles. The summed E-state index contributed by atoms with van der Waals surface area (Å²) in [6, 6.07) is 10.8. The van der Waals surface area contributed by atoms with Crippen molar-refractivity contribution in [2.45, 2.75) is 0 Å². The van der Waals surface area contributed by atoms with Crippen molar-refractivity contribution in [3.63, 3.8) is 0 Å². The highest BCUT2D eigenvalue weighted by molar-refractivity contribution is 7.21. The van der Waals surface area contributed by atoms with Crippen molar-refractivity contribution in [1.29, 1.82) is 5.26 Å². The second-order valence-electron chi connectivity index (χ2n) is 6.09. The molecule has 0 bridgehead atoms. The number of carbonyl (C=O) groups excluding carboxylic acids is 1. The standard InChI is InChI=1S/C18H13N7O3S/c1-25-13(18(27)28-24-25)10-9(7-19)15(21)23-17-11(10)12(20)14(29-17)16(26)22-8-5-3-2-4-6-8/h2-6H,1H3,(H5-,20,21,22,23,24,26,27)/p+1. The van der Waals surface area contributed by atoms with Gasteiger partial charge in [0.15, 0.2) is 7.05 Å². The number of hydrogen-bond donors (Lipinski definition) is 4. The van der Waals surface area contributed by atoms with Gasteiger partial charge in [0.05, 0.1) is 16.6 Å². The molecule has 3 aromatic heterocycles. The Morgan fingerprint density at radius 2 is 2.07 bits per heavy atom. The van der Waals surface area contributed by atoms with E-state index in [9.17, 15) is 14.9 Å². The minimum Gasteiger partial charge on any atom is -0.397 e. The van der Waals surface area contributed by atoms with Crippen molar-refractivity contribution in [2.75, 3.05) is 16.8 Å². The van der Waals surface area contributed by atoms with Crippen molar-refractivity contribution in [3.8, 4) is 17.3 Å². The van der Waals surface area contributed by atoms with Crippen molar-refractivity contribution in [2.24, 2.45) is 7.05 Å². The number of nitrogen functional groups attached to an aromatic ring is 2. The maximum atomic E-state index is 12.8. The van der Waals surface area contributed by atoms with Crippen LogP contribution >= 0.6 is 11.3 Å². The molecule has 1 amide bonds. The number of nitrogens with one attached hydrogen (secondary N) is 2. The number of nitriles is 1. The van der Waals surface area contributed by atoms with E-state index < -0.39 is 11.5 Å². The quantitative estimate of drug-likeness (QED) is 0.371. The first kappa shape index (κ1) is 18.2. The molecule has 0 unspecified atom stereocenters. The van der Waals surface area contributed by atoms with Gasteiger partial charge >= 0.3 is 11.3 Å². The Kier molecular flexibility index (Phi) is 4.25. The number of hydrogen-bond acceptors (Lipinski definition) is 8. The second kappa shape index (κ2) is 6.77. The zero-order chi connectivity index (χ0) is 20.7.